The first-order valence-electron chi connectivity index (χ1n) is 20.3. The largest absolute Gasteiger partial charge is 0.423 e. The van der Waals surface area contributed by atoms with Gasteiger partial charge in [-0.05, 0) is 96.0 Å². The van der Waals surface area contributed by atoms with Crippen LogP contribution in [0.5, 0.6) is 0 Å². The lowest BCUT2D eigenvalue weighted by atomic mass is 9.95. The van der Waals surface area contributed by atoms with E-state index < -0.39 is 13.8 Å². The average Bonchev–Trinajstić information content (AvgIpc) is 3.65. The van der Waals surface area contributed by atoms with Crippen LogP contribution in [0.4, 0.5) is 5.69 Å². The fourth-order valence-corrected chi connectivity index (χ4v) is 7.26. The van der Waals surface area contributed by atoms with Crippen LogP contribution in [0.25, 0.3) is 0 Å². The van der Waals surface area contributed by atoms with Gasteiger partial charge in [0, 0.05) is 63.2 Å². The number of aliphatic imine (C=N–C) groups is 2. The van der Waals surface area contributed by atoms with Crippen LogP contribution in [0.1, 0.15) is 94.4 Å². The number of benzene rings is 1. The summed E-state index contributed by atoms with van der Waals surface area (Å²) < 4.78 is 16.7. The Labute approximate surface area is 331 Å². The molecule has 0 radical (unpaired) electrons. The molecule has 2 heterocycles. The minimum atomic E-state index is -4.14. The summed E-state index contributed by atoms with van der Waals surface area (Å²) in [6.45, 7) is 10.6. The molecule has 2 aromatic rings. The van der Waals surface area contributed by atoms with Gasteiger partial charge in [-0.15, -0.1) is 10.2 Å². The van der Waals surface area contributed by atoms with Gasteiger partial charge in [-0.2, -0.15) is 0 Å². The van der Waals surface area contributed by atoms with E-state index in [2.05, 4.69) is 69.8 Å². The molecule has 0 bridgehead atoms. The molecule has 2 fully saturated rings. The number of amides is 2. The fourth-order valence-electron chi connectivity index (χ4n) is 6.85. The van der Waals surface area contributed by atoms with E-state index in [9.17, 15) is 14.2 Å². The highest BCUT2D eigenvalue weighted by Crippen LogP contribution is 2.32. The zero-order valence-electron chi connectivity index (χ0n) is 32.9. The van der Waals surface area contributed by atoms with Gasteiger partial charge in [-0.1, -0.05) is 37.5 Å². The quantitative estimate of drug-likeness (QED) is 0.0313. The molecule has 8 N–H and O–H groups in total. The Bertz CT molecular complexity index is 1540. The topological polar surface area (TPSA) is 231 Å². The molecule has 1 saturated carbocycles. The summed E-state index contributed by atoms with van der Waals surface area (Å²) in [5.41, 5.74) is 1.98. The van der Waals surface area contributed by atoms with E-state index in [-0.39, 0.29) is 37.7 Å². The van der Waals surface area contributed by atoms with Gasteiger partial charge in [0.1, 0.15) is 6.54 Å². The van der Waals surface area contributed by atoms with Crippen molar-refractivity contribution in [1.82, 2.24) is 41.7 Å². The number of likely N-dealkylation sites (tertiary alicyclic amines) is 1. The number of anilines is 1. The van der Waals surface area contributed by atoms with Crippen LogP contribution < -0.4 is 31.9 Å². The van der Waals surface area contributed by atoms with Gasteiger partial charge in [0.2, 0.25) is 29.6 Å². The summed E-state index contributed by atoms with van der Waals surface area (Å²) in [5, 5.41) is 27.9. The number of aromatic nitrogens is 2. The van der Waals surface area contributed by atoms with Gasteiger partial charge in [0.25, 0.3) is 0 Å². The maximum absolute atomic E-state index is 12.2. The number of carbonyl (C=O) groups excluding carboxylic acids is 2. The standard InChI is InChI=1S/C38H64N11O6P/c1-39-38(45-29-37-48-47-36(55-37)16-8-19-40-20-9-21-41-31-11-3-2-4-12-31)46-33-13-6-5-10-30(33)28-44-32-17-24-49(25-18-32)26-22-42-34(50)14-7-15-35(51)43-23-27-56(52,53)54/h5-6,10,13,31-32,40-41,44H,1-4,7-9,11-12,14-29H2,(H,42,50)(H,43,51)(H,45,46)(H2,52,53,54). The molecule has 0 spiro atoms. The number of piperidine rings is 1. The molecule has 4 rings (SSSR count). The maximum Gasteiger partial charge on any atom is 0.327 e. The molecule has 0 unspecified atom stereocenters. The minimum Gasteiger partial charge on any atom is -0.423 e. The Morgan fingerprint density at radius 1 is 0.857 bits per heavy atom. The SMILES string of the molecule is C=NC(=NCc1nnc(CCCNCCCNC2CCCCC2)o1)Nc1ccccc1CNC1CCN(CCNC(=O)CCCC(=O)NCCP(=O)(O)O)CC1. The van der Waals surface area contributed by atoms with Gasteiger partial charge in [0.05, 0.1) is 6.16 Å². The number of hydrogen-bond acceptors (Lipinski definition) is 11. The second-order valence-electron chi connectivity index (χ2n) is 14.6. The molecule has 1 aromatic heterocycles. The zero-order chi connectivity index (χ0) is 39.9. The first-order chi connectivity index (χ1) is 27.2. The Kier molecular flexibility index (Phi) is 20.7. The van der Waals surface area contributed by atoms with Crippen molar-refractivity contribution < 1.29 is 28.4 Å². The molecule has 312 valence electrons. The van der Waals surface area contributed by atoms with E-state index >= 15 is 0 Å². The van der Waals surface area contributed by atoms with E-state index in [4.69, 9.17) is 14.2 Å². The zero-order valence-corrected chi connectivity index (χ0v) is 33.7. The van der Waals surface area contributed by atoms with Crippen LogP contribution in [0.2, 0.25) is 0 Å². The van der Waals surface area contributed by atoms with Crippen LogP contribution in [0.15, 0.2) is 38.7 Å². The minimum absolute atomic E-state index is 0.0848. The molecule has 1 aliphatic heterocycles. The summed E-state index contributed by atoms with van der Waals surface area (Å²) in [5.74, 6) is 0.990. The number of nitrogens with one attached hydrogen (secondary N) is 6. The van der Waals surface area contributed by atoms with Crippen LogP contribution in [-0.4, -0.2) is 120 Å². The predicted octanol–water partition coefficient (Wildman–Crippen LogP) is 2.71. The summed E-state index contributed by atoms with van der Waals surface area (Å²) in [6, 6.07) is 9.11. The highest BCUT2D eigenvalue weighted by molar-refractivity contribution is 7.51. The van der Waals surface area contributed by atoms with Gasteiger partial charge >= 0.3 is 7.60 Å². The Hall–Kier alpha value is -3.57. The van der Waals surface area contributed by atoms with Crippen molar-refractivity contribution in [2.45, 2.75) is 109 Å². The molecule has 18 heteroatoms. The van der Waals surface area contributed by atoms with Gasteiger partial charge in [0.15, 0.2) is 0 Å². The van der Waals surface area contributed by atoms with Crippen molar-refractivity contribution in [2.75, 3.05) is 63.8 Å². The van der Waals surface area contributed by atoms with Crippen LogP contribution in [-0.2, 0) is 33.7 Å². The van der Waals surface area contributed by atoms with Crippen LogP contribution in [0.3, 0.4) is 0 Å². The lowest BCUT2D eigenvalue weighted by molar-refractivity contribution is -0.122. The van der Waals surface area contributed by atoms with Crippen molar-refractivity contribution in [1.29, 1.82) is 0 Å². The highest BCUT2D eigenvalue weighted by atomic mass is 31.2. The highest BCUT2D eigenvalue weighted by Gasteiger charge is 2.20. The van der Waals surface area contributed by atoms with Crippen molar-refractivity contribution in [3.05, 3.63) is 41.6 Å². The lowest BCUT2D eigenvalue weighted by Crippen LogP contribution is -2.44. The van der Waals surface area contributed by atoms with Gasteiger partial charge in [-0.25, -0.2) is 9.98 Å². The third-order valence-corrected chi connectivity index (χ3v) is 10.9. The second kappa shape index (κ2) is 25.6. The van der Waals surface area contributed by atoms with Crippen molar-refractivity contribution in [2.24, 2.45) is 9.98 Å². The average molecular weight is 802 g/mol. The van der Waals surface area contributed by atoms with E-state index in [1.165, 1.54) is 32.1 Å². The lowest BCUT2D eigenvalue weighted by Gasteiger charge is -2.32. The second-order valence-corrected chi connectivity index (χ2v) is 16.4. The molecular formula is C38H64N11O6P. The molecular weight excluding hydrogens is 737 g/mol. The summed E-state index contributed by atoms with van der Waals surface area (Å²) in [6.07, 6.45) is 11.8. The number of nitrogens with zero attached hydrogens (tertiary/aromatic N) is 5. The molecule has 17 nitrogen and oxygen atoms in total. The summed E-state index contributed by atoms with van der Waals surface area (Å²) >= 11 is 0. The van der Waals surface area contributed by atoms with Gasteiger partial charge < -0.3 is 51.0 Å². The maximum atomic E-state index is 12.2. The molecule has 2 aliphatic rings. The predicted molar refractivity (Wildman–Crippen MR) is 219 cm³/mol. The molecule has 56 heavy (non-hydrogen) atoms. The third kappa shape index (κ3) is 19.0. The molecule has 1 aliphatic carbocycles. The number of carbonyl (C=O) groups is 2. The Morgan fingerprint density at radius 3 is 2.30 bits per heavy atom. The van der Waals surface area contributed by atoms with Crippen molar-refractivity contribution >= 4 is 37.8 Å². The number of aryl methyl sites for hydroxylation is 1. The van der Waals surface area contributed by atoms with Crippen molar-refractivity contribution in [3.63, 3.8) is 0 Å². The smallest absolute Gasteiger partial charge is 0.327 e. The van der Waals surface area contributed by atoms with E-state index in [0.29, 0.717) is 55.8 Å². The molecule has 2 amide bonds. The van der Waals surface area contributed by atoms with E-state index in [1.54, 1.807) is 0 Å². The van der Waals surface area contributed by atoms with E-state index in [1.807, 2.05) is 18.2 Å². The normalized spacial score (nSPS) is 16.1. The fraction of sp³-hybridized carbons (Fsp3) is 0.684. The van der Waals surface area contributed by atoms with Gasteiger partial charge in [-0.3, -0.25) is 14.2 Å². The number of rotatable bonds is 25. The molecule has 1 aromatic carbocycles. The summed E-state index contributed by atoms with van der Waals surface area (Å²) in [4.78, 5) is 52.6. The number of guanidine groups is 1. The Morgan fingerprint density at radius 2 is 1.55 bits per heavy atom. The number of hydrogen-bond donors (Lipinski definition) is 8. The summed E-state index contributed by atoms with van der Waals surface area (Å²) in [7, 11) is -4.14. The third-order valence-electron chi connectivity index (χ3n) is 10.1. The first kappa shape index (κ1) is 45.1. The first-order valence-corrected chi connectivity index (χ1v) is 22.1. The van der Waals surface area contributed by atoms with Crippen LogP contribution in [0, 0.1) is 0 Å². The number of para-hydroxylation sites is 1. The Balaban J connectivity index is 1.06. The van der Waals surface area contributed by atoms with Crippen LogP contribution >= 0.6 is 7.60 Å². The molecule has 0 atom stereocenters. The van der Waals surface area contributed by atoms with Crippen molar-refractivity contribution in [3.8, 4) is 0 Å². The molecule has 1 saturated heterocycles. The van der Waals surface area contributed by atoms with E-state index in [0.717, 1.165) is 76.2 Å². The monoisotopic (exact) mass is 801 g/mol.